The summed E-state index contributed by atoms with van der Waals surface area (Å²) in [5, 5.41) is 4.62. The second kappa shape index (κ2) is 6.92. The fraction of sp³-hybridized carbons (Fsp3) is 0.231. The van der Waals surface area contributed by atoms with Crippen LogP contribution in [-0.2, 0) is 11.3 Å². The summed E-state index contributed by atoms with van der Waals surface area (Å²) < 4.78 is 5.33. The molecule has 20 heavy (non-hydrogen) atoms. The van der Waals surface area contributed by atoms with E-state index in [9.17, 15) is 4.79 Å². The summed E-state index contributed by atoms with van der Waals surface area (Å²) in [6.45, 7) is 2.27. The second-order valence-corrected chi connectivity index (χ2v) is 6.15. The molecule has 0 saturated carbocycles. The van der Waals surface area contributed by atoms with Crippen molar-refractivity contribution >= 4 is 40.4 Å². The average Bonchev–Trinajstić information content (AvgIpc) is 2.81. The van der Waals surface area contributed by atoms with Crippen molar-refractivity contribution < 1.29 is 9.53 Å². The van der Waals surface area contributed by atoms with Crippen LogP contribution in [0.25, 0.3) is 0 Å². The molecular weight excluding hydrogens is 319 g/mol. The van der Waals surface area contributed by atoms with Gasteiger partial charge in [-0.1, -0.05) is 23.2 Å². The topological polar surface area (TPSA) is 51.2 Å². The molecule has 0 bridgehead atoms. The molecule has 2 rings (SSSR count). The van der Waals surface area contributed by atoms with Gasteiger partial charge in [0.25, 0.3) is 5.91 Å². The van der Waals surface area contributed by atoms with E-state index in [0.717, 1.165) is 9.88 Å². The summed E-state index contributed by atoms with van der Waals surface area (Å²) in [5.74, 6) is 0.210. The number of thiazole rings is 1. The highest BCUT2D eigenvalue weighted by atomic mass is 35.5. The molecule has 0 atom stereocenters. The highest BCUT2D eigenvalue weighted by Crippen LogP contribution is 2.27. The summed E-state index contributed by atoms with van der Waals surface area (Å²) in [6.07, 6.45) is 1.75. The average molecular weight is 331 g/mol. The molecule has 0 unspecified atom stereocenters. The first-order valence-electron chi connectivity index (χ1n) is 5.80. The number of aromatic nitrogens is 1. The summed E-state index contributed by atoms with van der Waals surface area (Å²) in [6, 6.07) is 4.85. The van der Waals surface area contributed by atoms with Gasteiger partial charge in [0.05, 0.1) is 16.6 Å². The van der Waals surface area contributed by atoms with Crippen molar-refractivity contribution in [1.29, 1.82) is 0 Å². The summed E-state index contributed by atoms with van der Waals surface area (Å²) >= 11 is 13.3. The standard InChI is InChI=1S/C13H12Cl2N2O2S/c1-8-16-5-10(20-8)6-17-13(18)7-19-12-3-2-9(14)4-11(12)15/h2-5H,6-7H2,1H3,(H,17,18). The predicted octanol–water partition coefficient (Wildman–Crippen LogP) is 3.45. The minimum atomic E-state index is -0.220. The summed E-state index contributed by atoms with van der Waals surface area (Å²) in [7, 11) is 0. The van der Waals surface area contributed by atoms with Crippen molar-refractivity contribution in [2.75, 3.05) is 6.61 Å². The molecular formula is C13H12Cl2N2O2S. The zero-order valence-electron chi connectivity index (χ0n) is 10.7. The third-order valence-electron chi connectivity index (χ3n) is 2.38. The first-order chi connectivity index (χ1) is 9.54. The number of nitrogens with one attached hydrogen (secondary N) is 1. The van der Waals surface area contributed by atoms with Gasteiger partial charge in [-0.2, -0.15) is 0 Å². The van der Waals surface area contributed by atoms with Gasteiger partial charge < -0.3 is 10.1 Å². The largest absolute Gasteiger partial charge is 0.482 e. The van der Waals surface area contributed by atoms with Crippen LogP contribution in [0.4, 0.5) is 0 Å². The number of ether oxygens (including phenoxy) is 1. The third-order valence-corrected chi connectivity index (χ3v) is 3.82. The summed E-state index contributed by atoms with van der Waals surface area (Å²) in [5.41, 5.74) is 0. The lowest BCUT2D eigenvalue weighted by molar-refractivity contribution is -0.123. The smallest absolute Gasteiger partial charge is 0.258 e. The molecule has 1 heterocycles. The molecule has 0 aliphatic heterocycles. The normalized spacial score (nSPS) is 10.3. The van der Waals surface area contributed by atoms with E-state index in [1.54, 1.807) is 35.7 Å². The number of hydrogen-bond acceptors (Lipinski definition) is 4. The first-order valence-corrected chi connectivity index (χ1v) is 7.37. The fourth-order valence-corrected chi connectivity index (χ4v) is 2.66. The van der Waals surface area contributed by atoms with Crippen LogP contribution in [0, 0.1) is 6.92 Å². The Hall–Kier alpha value is -1.30. The van der Waals surface area contributed by atoms with Crippen LogP contribution >= 0.6 is 34.5 Å². The van der Waals surface area contributed by atoms with E-state index < -0.39 is 0 Å². The molecule has 0 fully saturated rings. The maximum absolute atomic E-state index is 11.7. The maximum atomic E-state index is 11.7. The van der Waals surface area contributed by atoms with Gasteiger partial charge in [-0.15, -0.1) is 11.3 Å². The second-order valence-electron chi connectivity index (χ2n) is 3.99. The Labute approximate surface area is 130 Å². The Morgan fingerprint density at radius 2 is 2.25 bits per heavy atom. The van der Waals surface area contributed by atoms with Gasteiger partial charge in [0.1, 0.15) is 5.75 Å². The minimum Gasteiger partial charge on any atom is -0.482 e. The highest BCUT2D eigenvalue weighted by Gasteiger charge is 2.07. The number of amides is 1. The highest BCUT2D eigenvalue weighted by molar-refractivity contribution is 7.11. The van der Waals surface area contributed by atoms with Crippen LogP contribution in [0.5, 0.6) is 5.75 Å². The number of rotatable bonds is 5. The van der Waals surface area contributed by atoms with Crippen molar-refractivity contribution in [3.05, 3.63) is 44.3 Å². The van der Waals surface area contributed by atoms with Crippen molar-refractivity contribution in [2.45, 2.75) is 13.5 Å². The van der Waals surface area contributed by atoms with Crippen LogP contribution in [-0.4, -0.2) is 17.5 Å². The molecule has 0 spiro atoms. The van der Waals surface area contributed by atoms with E-state index in [-0.39, 0.29) is 12.5 Å². The molecule has 0 radical (unpaired) electrons. The number of carbonyl (C=O) groups excluding carboxylic acids is 1. The van der Waals surface area contributed by atoms with Gasteiger partial charge in [-0.3, -0.25) is 4.79 Å². The molecule has 1 aromatic carbocycles. The molecule has 1 aromatic heterocycles. The van der Waals surface area contributed by atoms with Crippen molar-refractivity contribution in [1.82, 2.24) is 10.3 Å². The van der Waals surface area contributed by atoms with Crippen LogP contribution in [0.2, 0.25) is 10.0 Å². The lowest BCUT2D eigenvalue weighted by Crippen LogP contribution is -2.28. The monoisotopic (exact) mass is 330 g/mol. The third kappa shape index (κ3) is 4.37. The van der Waals surface area contributed by atoms with Crippen molar-refractivity contribution in [3.63, 3.8) is 0 Å². The van der Waals surface area contributed by atoms with E-state index in [4.69, 9.17) is 27.9 Å². The van der Waals surface area contributed by atoms with E-state index in [2.05, 4.69) is 10.3 Å². The zero-order valence-corrected chi connectivity index (χ0v) is 13.0. The minimum absolute atomic E-state index is 0.0981. The molecule has 106 valence electrons. The van der Waals surface area contributed by atoms with Gasteiger partial charge >= 0.3 is 0 Å². The van der Waals surface area contributed by atoms with Gasteiger partial charge in [-0.05, 0) is 25.1 Å². The van der Waals surface area contributed by atoms with Crippen LogP contribution in [0.1, 0.15) is 9.88 Å². The first kappa shape index (κ1) is 15.1. The van der Waals surface area contributed by atoms with Crippen LogP contribution in [0.3, 0.4) is 0 Å². The van der Waals surface area contributed by atoms with Crippen LogP contribution in [0.15, 0.2) is 24.4 Å². The van der Waals surface area contributed by atoms with Crippen LogP contribution < -0.4 is 10.1 Å². The number of benzene rings is 1. The van der Waals surface area contributed by atoms with Gasteiger partial charge in [0.15, 0.2) is 6.61 Å². The van der Waals surface area contributed by atoms with Crippen molar-refractivity contribution in [3.8, 4) is 5.75 Å². The lowest BCUT2D eigenvalue weighted by atomic mass is 10.3. The number of nitrogens with zero attached hydrogens (tertiary/aromatic N) is 1. The molecule has 0 saturated heterocycles. The Kier molecular flexibility index (Phi) is 5.23. The SMILES string of the molecule is Cc1ncc(CNC(=O)COc2ccc(Cl)cc2Cl)s1. The number of aryl methyl sites for hydroxylation is 1. The predicted molar refractivity (Wildman–Crippen MR) is 80.7 cm³/mol. The Bertz CT molecular complexity index is 616. The fourth-order valence-electron chi connectivity index (χ4n) is 1.46. The number of halogens is 2. The molecule has 0 aliphatic carbocycles. The zero-order chi connectivity index (χ0) is 14.5. The van der Waals surface area contributed by atoms with Gasteiger partial charge in [0, 0.05) is 16.1 Å². The van der Waals surface area contributed by atoms with E-state index in [1.807, 2.05) is 6.92 Å². The molecule has 1 amide bonds. The summed E-state index contributed by atoms with van der Waals surface area (Å²) in [4.78, 5) is 16.8. The Morgan fingerprint density at radius 3 is 2.90 bits per heavy atom. The molecule has 7 heteroatoms. The molecule has 1 N–H and O–H groups in total. The quantitative estimate of drug-likeness (QED) is 0.913. The maximum Gasteiger partial charge on any atom is 0.258 e. The van der Waals surface area contributed by atoms with E-state index >= 15 is 0 Å². The lowest BCUT2D eigenvalue weighted by Gasteiger charge is -2.08. The Balaban J connectivity index is 1.80. The Morgan fingerprint density at radius 1 is 1.45 bits per heavy atom. The van der Waals surface area contributed by atoms with Gasteiger partial charge in [-0.25, -0.2) is 4.98 Å². The van der Waals surface area contributed by atoms with E-state index in [0.29, 0.717) is 22.3 Å². The molecule has 2 aromatic rings. The van der Waals surface area contributed by atoms with Gasteiger partial charge in [0.2, 0.25) is 0 Å². The molecule has 0 aliphatic rings. The molecule has 4 nitrogen and oxygen atoms in total. The van der Waals surface area contributed by atoms with Crippen molar-refractivity contribution in [2.24, 2.45) is 0 Å². The number of carbonyl (C=O) groups is 1. The number of hydrogen-bond donors (Lipinski definition) is 1. The van der Waals surface area contributed by atoms with E-state index in [1.165, 1.54) is 0 Å².